The molecule has 0 bridgehead atoms. The lowest BCUT2D eigenvalue weighted by atomic mass is 10.1. The van der Waals surface area contributed by atoms with Crippen molar-refractivity contribution in [1.82, 2.24) is 19.8 Å². The first-order chi connectivity index (χ1) is 13.6. The number of methoxy groups -OCH3 is 2. The number of aryl methyl sites for hydroxylation is 1. The van der Waals surface area contributed by atoms with Gasteiger partial charge in [-0.25, -0.2) is 0 Å². The molecule has 0 spiro atoms. The summed E-state index contributed by atoms with van der Waals surface area (Å²) >= 11 is 1.42. The van der Waals surface area contributed by atoms with Crippen molar-refractivity contribution in [3.8, 4) is 22.1 Å². The summed E-state index contributed by atoms with van der Waals surface area (Å²) in [5, 5.41) is 16.3. The van der Waals surface area contributed by atoms with E-state index in [2.05, 4.69) is 20.6 Å². The van der Waals surface area contributed by atoms with Crippen LogP contribution in [-0.4, -0.2) is 39.9 Å². The summed E-state index contributed by atoms with van der Waals surface area (Å²) in [6, 6.07) is 12.4. The van der Waals surface area contributed by atoms with Crippen LogP contribution >= 0.6 is 11.3 Å². The number of nitrogens with one attached hydrogen (secondary N) is 1. The Hall–Kier alpha value is -3.46. The van der Waals surface area contributed by atoms with Gasteiger partial charge in [0.05, 0.1) is 19.9 Å². The Balaban J connectivity index is 1.65. The van der Waals surface area contributed by atoms with Gasteiger partial charge in [0.15, 0.2) is 5.82 Å². The largest absolute Gasteiger partial charge is 0.497 e. The number of amides is 1. The molecule has 0 aliphatic carbocycles. The van der Waals surface area contributed by atoms with Crippen LogP contribution in [0.3, 0.4) is 0 Å². The molecule has 142 valence electrons. The number of hydrogen-bond acceptors (Lipinski definition) is 7. The lowest BCUT2D eigenvalue weighted by Crippen LogP contribution is -2.12. The maximum absolute atomic E-state index is 12.6. The van der Waals surface area contributed by atoms with Crippen molar-refractivity contribution >= 4 is 27.9 Å². The fourth-order valence-corrected chi connectivity index (χ4v) is 3.59. The Kier molecular flexibility index (Phi) is 4.66. The van der Waals surface area contributed by atoms with Gasteiger partial charge in [-0.15, -0.1) is 10.2 Å². The molecule has 8 nitrogen and oxygen atoms in total. The highest BCUT2D eigenvalue weighted by atomic mass is 32.1. The normalized spacial score (nSPS) is 10.8. The summed E-state index contributed by atoms with van der Waals surface area (Å²) in [6.07, 6.45) is 0. The second-order valence-electron chi connectivity index (χ2n) is 5.95. The molecule has 0 atom stereocenters. The van der Waals surface area contributed by atoms with Crippen molar-refractivity contribution in [3.05, 3.63) is 53.9 Å². The molecular weight excluding hydrogens is 378 g/mol. The van der Waals surface area contributed by atoms with Crippen LogP contribution in [0.25, 0.3) is 15.5 Å². The molecule has 4 aromatic rings. The summed E-state index contributed by atoms with van der Waals surface area (Å²) in [7, 11) is 3.14. The Labute approximate surface area is 164 Å². The van der Waals surface area contributed by atoms with E-state index in [4.69, 9.17) is 9.47 Å². The van der Waals surface area contributed by atoms with Gasteiger partial charge in [0.2, 0.25) is 4.96 Å². The topological polar surface area (TPSA) is 90.6 Å². The Morgan fingerprint density at radius 1 is 1.07 bits per heavy atom. The van der Waals surface area contributed by atoms with Crippen LogP contribution in [0.4, 0.5) is 5.69 Å². The van der Waals surface area contributed by atoms with E-state index in [0.717, 1.165) is 16.4 Å². The lowest BCUT2D eigenvalue weighted by Gasteiger charge is -2.11. The Morgan fingerprint density at radius 3 is 2.54 bits per heavy atom. The fraction of sp³-hybridized carbons (Fsp3) is 0.158. The number of nitrogens with zero attached hydrogens (tertiary/aromatic N) is 4. The van der Waals surface area contributed by atoms with Gasteiger partial charge in [-0.1, -0.05) is 11.3 Å². The van der Waals surface area contributed by atoms with Crippen LogP contribution in [0.1, 0.15) is 16.2 Å². The third-order valence-electron chi connectivity index (χ3n) is 4.19. The van der Waals surface area contributed by atoms with Crippen LogP contribution in [0, 0.1) is 6.92 Å². The minimum absolute atomic E-state index is 0.243. The van der Waals surface area contributed by atoms with Gasteiger partial charge in [0, 0.05) is 11.1 Å². The molecule has 2 aromatic carbocycles. The SMILES string of the molecule is COc1ccc(C(=O)Nc2cc(-c3nn4c(C)nnc4s3)ccc2OC)cc1. The van der Waals surface area contributed by atoms with E-state index < -0.39 is 0 Å². The molecular formula is C19H17N5O3S. The van der Waals surface area contributed by atoms with E-state index in [9.17, 15) is 4.79 Å². The van der Waals surface area contributed by atoms with Crippen molar-refractivity contribution in [2.24, 2.45) is 0 Å². The standard InChI is InChI=1S/C19H17N5O3S/c1-11-21-22-19-24(11)23-18(28-19)13-6-9-16(27-3)15(10-13)20-17(25)12-4-7-14(26-2)8-5-12/h4-10H,1-3H3,(H,20,25). The van der Waals surface area contributed by atoms with Crippen molar-refractivity contribution in [2.75, 3.05) is 19.5 Å². The zero-order valence-electron chi connectivity index (χ0n) is 15.5. The van der Waals surface area contributed by atoms with Gasteiger partial charge in [-0.2, -0.15) is 9.61 Å². The van der Waals surface area contributed by atoms with Crippen LogP contribution in [-0.2, 0) is 0 Å². The number of carbonyl (C=O) groups is 1. The summed E-state index contributed by atoms with van der Waals surface area (Å²) in [6.45, 7) is 1.85. The van der Waals surface area contributed by atoms with Gasteiger partial charge in [-0.05, 0) is 49.4 Å². The highest BCUT2D eigenvalue weighted by Gasteiger charge is 2.15. The number of aromatic nitrogens is 4. The monoisotopic (exact) mass is 395 g/mol. The molecule has 2 aromatic heterocycles. The summed E-state index contributed by atoms with van der Waals surface area (Å²) in [5.74, 6) is 1.73. The molecule has 4 rings (SSSR count). The predicted octanol–water partition coefficient (Wildman–Crippen LogP) is 3.43. The van der Waals surface area contributed by atoms with Crippen molar-refractivity contribution in [2.45, 2.75) is 6.92 Å². The van der Waals surface area contributed by atoms with Crippen molar-refractivity contribution in [1.29, 1.82) is 0 Å². The van der Waals surface area contributed by atoms with Crippen LogP contribution < -0.4 is 14.8 Å². The summed E-state index contributed by atoms with van der Waals surface area (Å²) < 4.78 is 12.2. The van der Waals surface area contributed by atoms with Gasteiger partial charge in [-0.3, -0.25) is 4.79 Å². The molecule has 0 unspecified atom stereocenters. The maximum atomic E-state index is 12.6. The molecule has 28 heavy (non-hydrogen) atoms. The zero-order valence-corrected chi connectivity index (χ0v) is 16.3. The number of rotatable bonds is 5. The number of fused-ring (bicyclic) bond motifs is 1. The van der Waals surface area contributed by atoms with E-state index in [1.54, 1.807) is 49.1 Å². The summed E-state index contributed by atoms with van der Waals surface area (Å²) in [4.78, 5) is 13.3. The molecule has 1 amide bonds. The van der Waals surface area contributed by atoms with Crippen LogP contribution in [0.2, 0.25) is 0 Å². The molecule has 0 saturated heterocycles. The minimum Gasteiger partial charge on any atom is -0.497 e. The first-order valence-corrected chi connectivity index (χ1v) is 9.23. The molecule has 1 N–H and O–H groups in total. The molecule has 0 radical (unpaired) electrons. The number of benzene rings is 2. The minimum atomic E-state index is -0.243. The quantitative estimate of drug-likeness (QED) is 0.557. The Bertz CT molecular complexity index is 1150. The third-order valence-corrected chi connectivity index (χ3v) is 5.14. The fourth-order valence-electron chi connectivity index (χ4n) is 2.71. The predicted molar refractivity (Wildman–Crippen MR) is 106 cm³/mol. The van der Waals surface area contributed by atoms with Gasteiger partial charge in [0.1, 0.15) is 16.5 Å². The molecule has 0 aliphatic heterocycles. The zero-order chi connectivity index (χ0) is 19.7. The van der Waals surface area contributed by atoms with Gasteiger partial charge in [0.25, 0.3) is 5.91 Å². The summed E-state index contributed by atoms with van der Waals surface area (Å²) in [5.41, 5.74) is 1.92. The number of hydrogen-bond donors (Lipinski definition) is 1. The van der Waals surface area contributed by atoms with Gasteiger partial charge < -0.3 is 14.8 Å². The van der Waals surface area contributed by atoms with Crippen molar-refractivity contribution in [3.63, 3.8) is 0 Å². The average Bonchev–Trinajstić information content (AvgIpc) is 3.30. The van der Waals surface area contributed by atoms with Crippen LogP contribution in [0.5, 0.6) is 11.5 Å². The highest BCUT2D eigenvalue weighted by molar-refractivity contribution is 7.19. The molecule has 2 heterocycles. The van der Waals surface area contributed by atoms with E-state index >= 15 is 0 Å². The van der Waals surface area contributed by atoms with E-state index in [1.165, 1.54) is 11.3 Å². The van der Waals surface area contributed by atoms with E-state index in [1.807, 2.05) is 19.1 Å². The molecule has 0 saturated carbocycles. The third kappa shape index (κ3) is 3.27. The average molecular weight is 395 g/mol. The lowest BCUT2D eigenvalue weighted by molar-refractivity contribution is 0.102. The second-order valence-corrected chi connectivity index (χ2v) is 6.90. The molecule has 0 fully saturated rings. The first kappa shape index (κ1) is 17.9. The van der Waals surface area contributed by atoms with Crippen LogP contribution in [0.15, 0.2) is 42.5 Å². The van der Waals surface area contributed by atoms with E-state index in [-0.39, 0.29) is 5.91 Å². The van der Waals surface area contributed by atoms with E-state index in [0.29, 0.717) is 27.7 Å². The Morgan fingerprint density at radius 2 is 1.86 bits per heavy atom. The molecule has 0 aliphatic rings. The smallest absolute Gasteiger partial charge is 0.255 e. The van der Waals surface area contributed by atoms with Gasteiger partial charge >= 0.3 is 0 Å². The second kappa shape index (κ2) is 7.28. The number of ether oxygens (including phenoxy) is 2. The highest BCUT2D eigenvalue weighted by Crippen LogP contribution is 2.33. The van der Waals surface area contributed by atoms with Crippen molar-refractivity contribution < 1.29 is 14.3 Å². The molecule has 9 heteroatoms. The maximum Gasteiger partial charge on any atom is 0.255 e. The first-order valence-electron chi connectivity index (χ1n) is 8.41. The number of carbonyl (C=O) groups excluding carboxylic acids is 1. The number of anilines is 1.